The van der Waals surface area contributed by atoms with Crippen molar-refractivity contribution in [3.8, 4) is 0 Å². The highest BCUT2D eigenvalue weighted by Crippen LogP contribution is 2.38. The number of carbonyl (C=O) groups is 3. The van der Waals surface area contributed by atoms with Crippen LogP contribution in [0.2, 0.25) is 5.02 Å². The largest absolute Gasteiger partial charge is 0.417 e. The Labute approximate surface area is 192 Å². The number of imide groups is 1. The minimum atomic E-state index is -4.58. The molecule has 1 N–H and O–H groups in total. The molecule has 4 amide bonds. The molecule has 1 saturated heterocycles. The van der Waals surface area contributed by atoms with Gasteiger partial charge in [0.05, 0.1) is 17.1 Å². The van der Waals surface area contributed by atoms with E-state index < -0.39 is 34.2 Å². The Kier molecular flexibility index (Phi) is 5.81. The first kappa shape index (κ1) is 23.0. The lowest BCUT2D eigenvalue weighted by molar-refractivity contribution is -0.137. The van der Waals surface area contributed by atoms with Gasteiger partial charge in [-0.05, 0) is 48.2 Å². The number of nitrogens with one attached hydrogen (secondary N) is 1. The minimum absolute atomic E-state index is 0.0264. The van der Waals surface area contributed by atoms with E-state index in [-0.39, 0.29) is 38.4 Å². The van der Waals surface area contributed by atoms with Crippen LogP contribution in [0.25, 0.3) is 0 Å². The summed E-state index contributed by atoms with van der Waals surface area (Å²) in [7, 11) is 0. The maximum Gasteiger partial charge on any atom is 0.417 e. The van der Waals surface area contributed by atoms with E-state index in [0.717, 1.165) is 11.0 Å². The predicted octanol–water partition coefficient (Wildman–Crippen LogP) is 3.89. The number of halogens is 4. The monoisotopic (exact) mass is 480 g/mol. The molecule has 11 heteroatoms. The minimum Gasteiger partial charge on any atom is -0.334 e. The first-order valence-corrected chi connectivity index (χ1v) is 10.5. The normalized spacial score (nSPS) is 20.3. The van der Waals surface area contributed by atoms with Crippen LogP contribution in [0.15, 0.2) is 36.7 Å². The van der Waals surface area contributed by atoms with E-state index in [1.54, 1.807) is 31.5 Å². The second-order valence-corrected chi connectivity index (χ2v) is 8.77. The summed E-state index contributed by atoms with van der Waals surface area (Å²) in [5.74, 6) is -0.777. The second kappa shape index (κ2) is 8.33. The molecule has 0 radical (unpaired) electrons. The standard InChI is InChI=1S/C22H20ClF3N4O3/c1-21(19(32)30(20(33)28-21)10-13-3-2-6-27-9-13)5-4-18(31)29-11-14-7-16(22(24,25)26)17(23)8-15(14)12-29/h2-3,6-9H,4-5,10-12H2,1H3,(H,28,33)/t21-/m1/s1. The van der Waals surface area contributed by atoms with Gasteiger partial charge in [-0.25, -0.2) is 4.79 Å². The molecule has 1 atom stereocenters. The number of fused-ring (bicyclic) bond motifs is 1. The Morgan fingerprint density at radius 3 is 2.58 bits per heavy atom. The summed E-state index contributed by atoms with van der Waals surface area (Å²) in [6, 6.07) is 5.11. The van der Waals surface area contributed by atoms with Crippen LogP contribution >= 0.6 is 11.6 Å². The summed E-state index contributed by atoms with van der Waals surface area (Å²) in [5.41, 5.74) is -0.556. The van der Waals surface area contributed by atoms with Crippen LogP contribution in [0.4, 0.5) is 18.0 Å². The summed E-state index contributed by atoms with van der Waals surface area (Å²) < 4.78 is 39.3. The van der Waals surface area contributed by atoms with Gasteiger partial charge >= 0.3 is 12.2 Å². The molecule has 0 bridgehead atoms. The lowest BCUT2D eigenvalue weighted by atomic mass is 9.95. The number of nitrogens with zero attached hydrogens (tertiary/aromatic N) is 3. The van der Waals surface area contributed by atoms with Crippen molar-refractivity contribution in [3.05, 3.63) is 63.9 Å². The zero-order chi connectivity index (χ0) is 24.0. The molecule has 4 rings (SSSR count). The lowest BCUT2D eigenvalue weighted by Gasteiger charge is -2.23. The van der Waals surface area contributed by atoms with E-state index in [0.29, 0.717) is 16.7 Å². The average molecular weight is 481 g/mol. The molecule has 7 nitrogen and oxygen atoms in total. The topological polar surface area (TPSA) is 82.6 Å². The maximum atomic E-state index is 13.1. The molecule has 1 aromatic carbocycles. The van der Waals surface area contributed by atoms with Crippen LogP contribution in [0.3, 0.4) is 0 Å². The SMILES string of the molecule is C[C@]1(CCC(=O)N2Cc3cc(Cl)c(C(F)(F)F)cc3C2)NC(=O)N(Cc2cccnc2)C1=O. The van der Waals surface area contributed by atoms with Crippen LogP contribution in [0.5, 0.6) is 0 Å². The van der Waals surface area contributed by atoms with E-state index >= 15 is 0 Å². The van der Waals surface area contributed by atoms with Gasteiger partial charge in [-0.1, -0.05) is 17.7 Å². The quantitative estimate of drug-likeness (QED) is 0.658. The summed E-state index contributed by atoms with van der Waals surface area (Å²) in [6.07, 6.45) is -1.44. The molecule has 0 aliphatic carbocycles. The van der Waals surface area contributed by atoms with Crippen molar-refractivity contribution in [2.45, 2.75) is 51.1 Å². The van der Waals surface area contributed by atoms with Gasteiger partial charge in [0.15, 0.2) is 0 Å². The highest BCUT2D eigenvalue weighted by atomic mass is 35.5. The van der Waals surface area contributed by atoms with Gasteiger partial charge < -0.3 is 10.2 Å². The molecular formula is C22H20ClF3N4O3. The fraction of sp³-hybridized carbons (Fsp3) is 0.364. The number of aromatic nitrogens is 1. The van der Waals surface area contributed by atoms with Gasteiger partial charge in [0.25, 0.3) is 5.91 Å². The molecule has 2 aromatic rings. The molecule has 2 aliphatic heterocycles. The van der Waals surface area contributed by atoms with Crippen LogP contribution in [-0.4, -0.2) is 38.2 Å². The molecule has 1 aromatic heterocycles. The van der Waals surface area contributed by atoms with Crippen molar-refractivity contribution in [2.24, 2.45) is 0 Å². The van der Waals surface area contributed by atoms with Crippen molar-refractivity contribution in [1.82, 2.24) is 20.1 Å². The Morgan fingerprint density at radius 2 is 1.94 bits per heavy atom. The van der Waals surface area contributed by atoms with E-state index in [9.17, 15) is 27.6 Å². The third-order valence-electron chi connectivity index (χ3n) is 5.92. The zero-order valence-corrected chi connectivity index (χ0v) is 18.3. The zero-order valence-electron chi connectivity index (χ0n) is 17.6. The average Bonchev–Trinajstić information content (AvgIpc) is 3.25. The van der Waals surface area contributed by atoms with Gasteiger partial charge in [-0.15, -0.1) is 0 Å². The van der Waals surface area contributed by atoms with Gasteiger partial charge in [0, 0.05) is 31.9 Å². The number of hydrogen-bond donors (Lipinski definition) is 1. The summed E-state index contributed by atoms with van der Waals surface area (Å²) in [4.78, 5) is 44.5. The third kappa shape index (κ3) is 4.52. The summed E-state index contributed by atoms with van der Waals surface area (Å²) in [5, 5.41) is 2.24. The summed E-state index contributed by atoms with van der Waals surface area (Å²) >= 11 is 5.78. The van der Waals surface area contributed by atoms with E-state index in [2.05, 4.69) is 10.3 Å². The van der Waals surface area contributed by atoms with E-state index in [1.165, 1.54) is 11.0 Å². The predicted molar refractivity (Wildman–Crippen MR) is 112 cm³/mol. The molecule has 174 valence electrons. The number of rotatable bonds is 5. The highest BCUT2D eigenvalue weighted by Gasteiger charge is 2.47. The van der Waals surface area contributed by atoms with Gasteiger partial charge in [-0.3, -0.25) is 19.5 Å². The Balaban J connectivity index is 1.39. The smallest absolute Gasteiger partial charge is 0.334 e. The number of urea groups is 1. The number of hydrogen-bond acceptors (Lipinski definition) is 4. The van der Waals surface area contributed by atoms with Gasteiger partial charge in [-0.2, -0.15) is 13.2 Å². The van der Waals surface area contributed by atoms with Crippen molar-refractivity contribution in [3.63, 3.8) is 0 Å². The fourth-order valence-electron chi connectivity index (χ4n) is 4.06. The number of pyridine rings is 1. The molecular weight excluding hydrogens is 461 g/mol. The molecule has 1 fully saturated rings. The van der Waals surface area contributed by atoms with Crippen molar-refractivity contribution in [1.29, 1.82) is 0 Å². The second-order valence-electron chi connectivity index (χ2n) is 8.36. The van der Waals surface area contributed by atoms with Crippen LogP contribution in [-0.2, 0) is 35.4 Å². The first-order valence-electron chi connectivity index (χ1n) is 10.2. The molecule has 3 heterocycles. The van der Waals surface area contributed by atoms with Gasteiger partial charge in [0.1, 0.15) is 5.54 Å². The van der Waals surface area contributed by atoms with Gasteiger partial charge in [0.2, 0.25) is 5.91 Å². The Hall–Kier alpha value is -3.14. The molecule has 33 heavy (non-hydrogen) atoms. The van der Waals surface area contributed by atoms with Crippen LogP contribution in [0, 0.1) is 0 Å². The number of carbonyl (C=O) groups excluding carboxylic acids is 3. The number of benzene rings is 1. The van der Waals surface area contributed by atoms with Crippen LogP contribution in [0.1, 0.15) is 42.0 Å². The van der Waals surface area contributed by atoms with E-state index in [1.807, 2.05) is 0 Å². The third-order valence-corrected chi connectivity index (χ3v) is 6.23. The molecule has 0 unspecified atom stereocenters. The maximum absolute atomic E-state index is 13.1. The highest BCUT2D eigenvalue weighted by molar-refractivity contribution is 6.31. The van der Waals surface area contributed by atoms with Crippen LogP contribution < -0.4 is 5.32 Å². The van der Waals surface area contributed by atoms with Crippen molar-refractivity contribution in [2.75, 3.05) is 0 Å². The first-order chi connectivity index (χ1) is 15.5. The molecule has 2 aliphatic rings. The Morgan fingerprint density at radius 1 is 1.24 bits per heavy atom. The van der Waals surface area contributed by atoms with Crippen molar-refractivity contribution < 1.29 is 27.6 Å². The van der Waals surface area contributed by atoms with Crippen molar-refractivity contribution >= 4 is 29.4 Å². The molecule has 0 saturated carbocycles. The van der Waals surface area contributed by atoms with E-state index in [4.69, 9.17) is 11.6 Å². The number of alkyl halides is 3. The fourth-order valence-corrected chi connectivity index (χ4v) is 4.36. The number of amides is 4. The summed E-state index contributed by atoms with van der Waals surface area (Å²) in [6.45, 7) is 1.78. The molecule has 0 spiro atoms. The Bertz CT molecular complexity index is 1130. The lowest BCUT2D eigenvalue weighted by Crippen LogP contribution is -2.44.